The summed E-state index contributed by atoms with van der Waals surface area (Å²) in [4.78, 5) is 10.0. The molecule has 0 unspecified atom stereocenters. The maximum atomic E-state index is 5.11. The summed E-state index contributed by atoms with van der Waals surface area (Å²) < 4.78 is 0. The summed E-state index contributed by atoms with van der Waals surface area (Å²) in [6, 6.07) is 17.1. The van der Waals surface area contributed by atoms with Crippen LogP contribution in [-0.4, -0.2) is 11.9 Å². The normalized spacial score (nSPS) is 12.1. The van der Waals surface area contributed by atoms with Crippen molar-refractivity contribution in [2.75, 3.05) is 0 Å². The molecule has 3 heteroatoms. The predicted octanol–water partition coefficient (Wildman–Crippen LogP) is 10.7. The van der Waals surface area contributed by atoms with Gasteiger partial charge in [-0.2, -0.15) is 0 Å². The fourth-order valence-electron chi connectivity index (χ4n) is 4.08. The van der Waals surface area contributed by atoms with Crippen LogP contribution in [0.25, 0.3) is 0 Å². The van der Waals surface area contributed by atoms with Crippen LogP contribution in [0.2, 0.25) is 0 Å². The molecule has 0 aromatic heterocycles. The summed E-state index contributed by atoms with van der Waals surface area (Å²) in [5.41, 5.74) is 5.84. The number of allylic oxidation sites excluding steroid dienone is 4. The van der Waals surface area contributed by atoms with Gasteiger partial charge in [0, 0.05) is 22.7 Å². The first-order chi connectivity index (χ1) is 17.8. The van der Waals surface area contributed by atoms with Crippen molar-refractivity contribution in [3.63, 3.8) is 0 Å². The van der Waals surface area contributed by atoms with Crippen LogP contribution >= 0.6 is 0 Å². The Bertz CT molecular complexity index is 971. The molecule has 0 bridgehead atoms. The van der Waals surface area contributed by atoms with Gasteiger partial charge in [-0.25, -0.2) is 0 Å². The molecule has 0 saturated heterocycles. The van der Waals surface area contributed by atoms with Crippen molar-refractivity contribution in [3.05, 3.63) is 84.0 Å². The fourth-order valence-corrected chi connectivity index (χ4v) is 4.08. The second kappa shape index (κ2) is 21.8. The second-order valence-electron chi connectivity index (χ2n) is 9.53. The van der Waals surface area contributed by atoms with Crippen LogP contribution < -0.4 is 0 Å². The number of hydrogen-bond acceptors (Lipinski definition) is 2. The van der Waals surface area contributed by atoms with E-state index in [-0.39, 0.29) is 16.5 Å². The maximum Gasteiger partial charge on any atom is 0.0665 e. The van der Waals surface area contributed by atoms with Crippen LogP contribution in [0.1, 0.15) is 103 Å². The van der Waals surface area contributed by atoms with Crippen LogP contribution in [0.4, 0.5) is 11.4 Å². The van der Waals surface area contributed by atoms with E-state index in [1.807, 2.05) is 6.21 Å². The molecule has 2 rings (SSSR count). The fraction of sp³-hybridized carbons (Fsp3) is 0.471. The topological polar surface area (TPSA) is 24.7 Å². The van der Waals surface area contributed by atoms with Crippen molar-refractivity contribution in [2.45, 2.75) is 104 Å². The number of rotatable bonds is 18. The molecule has 0 aliphatic carbocycles. The minimum absolute atomic E-state index is 0. The number of unbranched alkanes of at least 4 members (excludes halogenated alkanes) is 5. The monoisotopic (exact) mass is 542 g/mol. The Labute approximate surface area is 237 Å². The minimum Gasteiger partial charge on any atom is -0.255 e. The Morgan fingerprint density at radius 3 is 1.68 bits per heavy atom. The van der Waals surface area contributed by atoms with Gasteiger partial charge in [-0.1, -0.05) is 114 Å². The van der Waals surface area contributed by atoms with Crippen LogP contribution in [0.5, 0.6) is 0 Å². The molecule has 0 fully saturated rings. The quantitative estimate of drug-likeness (QED) is 0.0773. The van der Waals surface area contributed by atoms with E-state index in [0.717, 1.165) is 62.0 Å². The van der Waals surface area contributed by atoms with Crippen molar-refractivity contribution in [2.24, 2.45) is 9.98 Å². The molecule has 2 aromatic carbocycles. The minimum atomic E-state index is 0. The third kappa shape index (κ3) is 14.3. The SMILES string of the molecule is CCCCC=CCCc1ccccc1N=CC(CCCC)=Nc1ccccc1CCC=CCCCC.[Ni]. The van der Waals surface area contributed by atoms with Crippen molar-refractivity contribution < 1.29 is 16.5 Å². The van der Waals surface area contributed by atoms with Gasteiger partial charge in [0.1, 0.15) is 0 Å². The van der Waals surface area contributed by atoms with Crippen molar-refractivity contribution >= 4 is 23.3 Å². The first-order valence-electron chi connectivity index (χ1n) is 14.4. The molecule has 0 aliphatic rings. The zero-order chi connectivity index (χ0) is 25.7. The zero-order valence-electron chi connectivity index (χ0n) is 23.4. The standard InChI is InChI=1S/C34H48N2.Ni/c1-4-7-10-12-14-16-22-30-24-18-20-27-33(30)35-29-32(26-9-6-3)36-34-28-21-19-25-31(34)23-17-15-13-11-8-5-2;/h12-15,18-21,24-25,27-29H,4-11,16-17,22-23,26H2,1-3H3;. The van der Waals surface area contributed by atoms with E-state index >= 15 is 0 Å². The van der Waals surface area contributed by atoms with Gasteiger partial charge in [0.2, 0.25) is 0 Å². The number of aliphatic imine (C=N–C) groups is 2. The van der Waals surface area contributed by atoms with E-state index in [4.69, 9.17) is 9.98 Å². The Hall–Kier alpha value is -2.25. The average molecular weight is 543 g/mol. The van der Waals surface area contributed by atoms with Gasteiger partial charge >= 0.3 is 0 Å². The molecule has 0 spiro atoms. The summed E-state index contributed by atoms with van der Waals surface area (Å²) in [7, 11) is 0. The molecule has 2 aromatic rings. The Morgan fingerprint density at radius 2 is 1.11 bits per heavy atom. The summed E-state index contributed by atoms with van der Waals surface area (Å²) in [6.07, 6.45) is 26.1. The van der Waals surface area contributed by atoms with E-state index in [2.05, 4.69) is 93.6 Å². The summed E-state index contributed by atoms with van der Waals surface area (Å²) in [5.74, 6) is 0. The van der Waals surface area contributed by atoms with Gasteiger partial charge in [0.25, 0.3) is 0 Å². The van der Waals surface area contributed by atoms with Crippen LogP contribution in [0, 0.1) is 0 Å². The first-order valence-corrected chi connectivity index (χ1v) is 14.4. The van der Waals surface area contributed by atoms with Gasteiger partial charge in [0.05, 0.1) is 17.1 Å². The van der Waals surface area contributed by atoms with Gasteiger partial charge in [0.15, 0.2) is 0 Å². The third-order valence-corrected chi connectivity index (χ3v) is 6.33. The molecule has 0 atom stereocenters. The van der Waals surface area contributed by atoms with Gasteiger partial charge < -0.3 is 0 Å². The number of aryl methyl sites for hydroxylation is 2. The Kier molecular flexibility index (Phi) is 19.3. The molecular formula is C34H48N2Ni. The van der Waals surface area contributed by atoms with E-state index < -0.39 is 0 Å². The van der Waals surface area contributed by atoms with Crippen molar-refractivity contribution in [1.82, 2.24) is 0 Å². The number of hydrogen-bond donors (Lipinski definition) is 0. The van der Waals surface area contributed by atoms with Crippen LogP contribution in [0.15, 0.2) is 82.8 Å². The molecule has 0 N–H and O–H groups in total. The molecular weight excluding hydrogens is 495 g/mol. The van der Waals surface area contributed by atoms with E-state index in [1.165, 1.54) is 49.7 Å². The summed E-state index contributed by atoms with van der Waals surface area (Å²) in [5, 5.41) is 0. The van der Waals surface area contributed by atoms with Crippen LogP contribution in [-0.2, 0) is 29.3 Å². The second-order valence-corrected chi connectivity index (χ2v) is 9.53. The number of para-hydroxylation sites is 2. The van der Waals surface area contributed by atoms with Gasteiger partial charge in [-0.3, -0.25) is 9.98 Å². The molecule has 0 heterocycles. The Balaban J connectivity index is 0.00000684. The van der Waals surface area contributed by atoms with Gasteiger partial charge in [-0.05, 0) is 74.6 Å². The molecule has 0 amide bonds. The van der Waals surface area contributed by atoms with Gasteiger partial charge in [-0.15, -0.1) is 0 Å². The third-order valence-electron chi connectivity index (χ3n) is 6.33. The summed E-state index contributed by atoms with van der Waals surface area (Å²) >= 11 is 0. The van der Waals surface area contributed by atoms with E-state index in [0.29, 0.717) is 0 Å². The molecule has 37 heavy (non-hydrogen) atoms. The largest absolute Gasteiger partial charge is 0.255 e. The predicted molar refractivity (Wildman–Crippen MR) is 162 cm³/mol. The molecule has 2 nitrogen and oxygen atoms in total. The summed E-state index contributed by atoms with van der Waals surface area (Å²) in [6.45, 7) is 6.72. The maximum absolute atomic E-state index is 5.11. The van der Waals surface area contributed by atoms with Crippen molar-refractivity contribution in [3.8, 4) is 0 Å². The van der Waals surface area contributed by atoms with Crippen molar-refractivity contribution in [1.29, 1.82) is 0 Å². The molecule has 0 saturated carbocycles. The zero-order valence-corrected chi connectivity index (χ0v) is 24.4. The molecule has 204 valence electrons. The first kappa shape index (κ1) is 32.8. The Morgan fingerprint density at radius 1 is 0.622 bits per heavy atom. The number of benzene rings is 2. The smallest absolute Gasteiger partial charge is 0.0665 e. The average Bonchev–Trinajstić information content (AvgIpc) is 2.91. The van der Waals surface area contributed by atoms with E-state index in [1.54, 1.807) is 0 Å². The van der Waals surface area contributed by atoms with E-state index in [9.17, 15) is 0 Å². The number of nitrogens with zero attached hydrogens (tertiary/aromatic N) is 2. The van der Waals surface area contributed by atoms with Crippen LogP contribution in [0.3, 0.4) is 0 Å². The molecule has 0 radical (unpaired) electrons. The molecule has 0 aliphatic heterocycles.